The smallest absolute Gasteiger partial charge is 0.266 e. The van der Waals surface area contributed by atoms with Gasteiger partial charge in [-0.05, 0) is 54.6 Å². The van der Waals surface area contributed by atoms with Crippen LogP contribution in [0.15, 0.2) is 60.3 Å². The summed E-state index contributed by atoms with van der Waals surface area (Å²) >= 11 is 5.83. The van der Waals surface area contributed by atoms with E-state index in [-0.39, 0.29) is 5.57 Å². The van der Waals surface area contributed by atoms with E-state index in [1.807, 2.05) is 30.3 Å². The van der Waals surface area contributed by atoms with Crippen molar-refractivity contribution >= 4 is 29.3 Å². The van der Waals surface area contributed by atoms with Gasteiger partial charge in [0.2, 0.25) is 0 Å². The van der Waals surface area contributed by atoms with E-state index in [0.29, 0.717) is 22.0 Å². The molecular formula is C20H15ClN4O2. The molecule has 0 aliphatic carbocycles. The van der Waals surface area contributed by atoms with Crippen LogP contribution in [0.3, 0.4) is 0 Å². The summed E-state index contributed by atoms with van der Waals surface area (Å²) < 4.78 is 5.15. The maximum absolute atomic E-state index is 12.4. The second kappa shape index (κ2) is 8.21. The van der Waals surface area contributed by atoms with Crippen molar-refractivity contribution < 1.29 is 9.53 Å². The minimum absolute atomic E-state index is 0.0406. The zero-order chi connectivity index (χ0) is 19.2. The van der Waals surface area contributed by atoms with Crippen LogP contribution in [0.4, 0.5) is 5.69 Å². The number of benzene rings is 2. The predicted molar refractivity (Wildman–Crippen MR) is 104 cm³/mol. The van der Waals surface area contributed by atoms with Gasteiger partial charge in [-0.15, -0.1) is 0 Å². The van der Waals surface area contributed by atoms with Gasteiger partial charge >= 0.3 is 0 Å². The minimum Gasteiger partial charge on any atom is -0.497 e. The van der Waals surface area contributed by atoms with Crippen molar-refractivity contribution in [2.24, 2.45) is 0 Å². The molecule has 2 aromatic carbocycles. The third kappa shape index (κ3) is 4.35. The number of rotatable bonds is 5. The molecule has 0 radical (unpaired) electrons. The molecule has 0 unspecified atom stereocenters. The second-order valence-electron chi connectivity index (χ2n) is 5.56. The number of hydrogen-bond acceptors (Lipinski definition) is 4. The molecule has 134 valence electrons. The van der Waals surface area contributed by atoms with Crippen LogP contribution in [0.5, 0.6) is 5.75 Å². The van der Waals surface area contributed by atoms with E-state index in [1.54, 1.807) is 37.6 Å². The Kier molecular flexibility index (Phi) is 5.55. The molecule has 6 nitrogen and oxygen atoms in total. The van der Waals surface area contributed by atoms with E-state index in [1.165, 1.54) is 6.08 Å². The molecule has 0 saturated heterocycles. The number of nitrogens with zero attached hydrogens (tertiary/aromatic N) is 2. The Bertz CT molecular complexity index is 1020. The first kappa shape index (κ1) is 18.2. The lowest BCUT2D eigenvalue weighted by Crippen LogP contribution is -2.13. The van der Waals surface area contributed by atoms with Gasteiger partial charge in [0.05, 0.1) is 19.0 Å². The number of H-pyrrole nitrogens is 1. The molecule has 0 bridgehead atoms. The maximum Gasteiger partial charge on any atom is 0.266 e. The van der Waals surface area contributed by atoms with E-state index in [9.17, 15) is 10.1 Å². The highest BCUT2D eigenvalue weighted by molar-refractivity contribution is 6.30. The van der Waals surface area contributed by atoms with Gasteiger partial charge in [-0.2, -0.15) is 10.4 Å². The van der Waals surface area contributed by atoms with E-state index < -0.39 is 5.91 Å². The maximum atomic E-state index is 12.4. The zero-order valence-corrected chi connectivity index (χ0v) is 15.1. The molecule has 0 saturated carbocycles. The van der Waals surface area contributed by atoms with Gasteiger partial charge in [-0.25, -0.2) is 0 Å². The Balaban J connectivity index is 1.85. The van der Waals surface area contributed by atoms with Crippen molar-refractivity contribution in [2.75, 3.05) is 12.4 Å². The van der Waals surface area contributed by atoms with E-state index in [2.05, 4.69) is 15.5 Å². The number of carbonyl (C=O) groups is 1. The van der Waals surface area contributed by atoms with Crippen LogP contribution in [0.25, 0.3) is 17.3 Å². The average molecular weight is 379 g/mol. The summed E-state index contributed by atoms with van der Waals surface area (Å²) in [5.41, 5.74) is 2.69. The Labute approximate surface area is 161 Å². The number of aromatic amines is 1. The number of hydrogen-bond donors (Lipinski definition) is 2. The van der Waals surface area contributed by atoms with E-state index in [4.69, 9.17) is 16.3 Å². The van der Waals surface area contributed by atoms with Crippen LogP contribution in [-0.4, -0.2) is 23.2 Å². The molecule has 1 heterocycles. The number of carbonyl (C=O) groups excluding carboxylic acids is 1. The number of ether oxygens (including phenoxy) is 1. The first-order valence-corrected chi connectivity index (χ1v) is 8.35. The number of nitriles is 1. The van der Waals surface area contributed by atoms with Crippen LogP contribution in [-0.2, 0) is 4.79 Å². The molecule has 0 spiro atoms. The van der Waals surface area contributed by atoms with Crippen LogP contribution >= 0.6 is 11.6 Å². The molecule has 0 atom stereocenters. The van der Waals surface area contributed by atoms with Crippen molar-refractivity contribution in [1.82, 2.24) is 10.2 Å². The lowest BCUT2D eigenvalue weighted by Gasteiger charge is -2.05. The quantitative estimate of drug-likeness (QED) is 0.512. The molecule has 1 amide bonds. The lowest BCUT2D eigenvalue weighted by atomic mass is 10.1. The molecule has 0 aliphatic heterocycles. The highest BCUT2D eigenvalue weighted by Gasteiger charge is 2.13. The summed E-state index contributed by atoms with van der Waals surface area (Å²) in [7, 11) is 1.60. The Hall–Kier alpha value is -3.56. The number of anilines is 1. The standard InChI is InChI=1S/C20H15ClN4O2/c1-27-18-8-2-13(3-9-18)19-15(12-23-25-19)10-14(11-22)20(26)24-17-6-4-16(21)5-7-17/h2-10,12H,1H3,(H,23,25)(H,24,26)/b14-10-. The van der Waals surface area contributed by atoms with Crippen molar-refractivity contribution in [3.63, 3.8) is 0 Å². The minimum atomic E-state index is -0.512. The average Bonchev–Trinajstić information content (AvgIpc) is 3.16. The first-order valence-electron chi connectivity index (χ1n) is 7.97. The van der Waals surface area contributed by atoms with Crippen molar-refractivity contribution in [2.45, 2.75) is 0 Å². The van der Waals surface area contributed by atoms with Gasteiger partial charge in [0, 0.05) is 21.8 Å². The van der Waals surface area contributed by atoms with Crippen LogP contribution < -0.4 is 10.1 Å². The summed E-state index contributed by atoms with van der Waals surface area (Å²) in [6, 6.07) is 15.9. The second-order valence-corrected chi connectivity index (χ2v) is 6.00. The Morgan fingerprint density at radius 1 is 1.22 bits per heavy atom. The number of methoxy groups -OCH3 is 1. The summed E-state index contributed by atoms with van der Waals surface area (Å²) in [6.07, 6.45) is 3.06. The third-order valence-corrected chi connectivity index (χ3v) is 4.07. The van der Waals surface area contributed by atoms with Gasteiger partial charge in [-0.1, -0.05) is 11.6 Å². The van der Waals surface area contributed by atoms with Crippen molar-refractivity contribution in [3.05, 3.63) is 70.9 Å². The third-order valence-electron chi connectivity index (χ3n) is 3.81. The first-order chi connectivity index (χ1) is 13.1. The molecule has 1 aromatic heterocycles. The fourth-order valence-corrected chi connectivity index (χ4v) is 2.56. The molecule has 0 fully saturated rings. The van der Waals surface area contributed by atoms with E-state index >= 15 is 0 Å². The molecule has 27 heavy (non-hydrogen) atoms. The molecule has 0 aliphatic rings. The van der Waals surface area contributed by atoms with Crippen LogP contribution in [0.2, 0.25) is 5.02 Å². The van der Waals surface area contributed by atoms with Crippen LogP contribution in [0, 0.1) is 11.3 Å². The summed E-state index contributed by atoms with van der Waals surface area (Å²) in [5, 5.41) is 19.6. The summed E-state index contributed by atoms with van der Waals surface area (Å²) in [4.78, 5) is 12.4. The molecule has 3 aromatic rings. The number of halogens is 1. The number of aromatic nitrogens is 2. The van der Waals surface area contributed by atoms with Crippen LogP contribution in [0.1, 0.15) is 5.56 Å². The molecule has 7 heteroatoms. The fourth-order valence-electron chi connectivity index (χ4n) is 2.43. The van der Waals surface area contributed by atoms with Gasteiger partial charge in [0.1, 0.15) is 17.4 Å². The summed E-state index contributed by atoms with van der Waals surface area (Å²) in [5.74, 6) is 0.220. The zero-order valence-electron chi connectivity index (χ0n) is 14.4. The fraction of sp³-hybridized carbons (Fsp3) is 0.0500. The monoisotopic (exact) mass is 378 g/mol. The van der Waals surface area contributed by atoms with Gasteiger partial charge in [0.15, 0.2) is 0 Å². The number of nitrogens with one attached hydrogen (secondary N) is 2. The predicted octanol–water partition coefficient (Wildman–Crippen LogP) is 4.28. The topological polar surface area (TPSA) is 90.8 Å². The Morgan fingerprint density at radius 3 is 2.56 bits per heavy atom. The van der Waals surface area contributed by atoms with Gasteiger partial charge < -0.3 is 10.1 Å². The Morgan fingerprint density at radius 2 is 1.93 bits per heavy atom. The molecular weight excluding hydrogens is 364 g/mol. The molecule has 2 N–H and O–H groups in total. The highest BCUT2D eigenvalue weighted by atomic mass is 35.5. The molecule has 3 rings (SSSR count). The SMILES string of the molecule is COc1ccc(-c2[nH]ncc2/C=C(/C#N)C(=O)Nc2ccc(Cl)cc2)cc1. The summed E-state index contributed by atoms with van der Waals surface area (Å²) in [6.45, 7) is 0. The van der Waals surface area contributed by atoms with E-state index in [0.717, 1.165) is 11.3 Å². The largest absolute Gasteiger partial charge is 0.497 e. The van der Waals surface area contributed by atoms with Crippen molar-refractivity contribution in [1.29, 1.82) is 5.26 Å². The lowest BCUT2D eigenvalue weighted by molar-refractivity contribution is -0.112. The van der Waals surface area contributed by atoms with Gasteiger partial charge in [-0.3, -0.25) is 9.89 Å². The highest BCUT2D eigenvalue weighted by Crippen LogP contribution is 2.25. The number of amides is 1. The van der Waals surface area contributed by atoms with Crippen molar-refractivity contribution in [3.8, 4) is 23.1 Å². The normalized spacial score (nSPS) is 10.9. The van der Waals surface area contributed by atoms with Gasteiger partial charge in [0.25, 0.3) is 5.91 Å².